The number of anilines is 1. The van der Waals surface area contributed by atoms with E-state index in [0.717, 1.165) is 66.1 Å². The number of pyridine rings is 2. The van der Waals surface area contributed by atoms with Crippen LogP contribution in [0.2, 0.25) is 0 Å². The Morgan fingerprint density at radius 2 is 1.92 bits per heavy atom. The van der Waals surface area contributed by atoms with Crippen molar-refractivity contribution in [2.45, 2.75) is 84.5 Å². The molecule has 2 saturated heterocycles. The van der Waals surface area contributed by atoms with Crippen LogP contribution in [0.1, 0.15) is 74.9 Å². The van der Waals surface area contributed by atoms with Crippen LogP contribution in [0.25, 0.3) is 33.4 Å². The van der Waals surface area contributed by atoms with Crippen LogP contribution in [0.15, 0.2) is 30.5 Å². The first-order valence-corrected chi connectivity index (χ1v) is 17.2. The molecule has 2 atom stereocenters. The maximum atomic E-state index is 15.8. The van der Waals surface area contributed by atoms with Crippen molar-refractivity contribution >= 4 is 22.8 Å². The highest BCUT2D eigenvalue weighted by Gasteiger charge is 2.35. The van der Waals surface area contributed by atoms with Gasteiger partial charge in [0.1, 0.15) is 11.5 Å². The van der Waals surface area contributed by atoms with Crippen LogP contribution in [0.5, 0.6) is 5.75 Å². The molecule has 1 unspecified atom stereocenters. The van der Waals surface area contributed by atoms with Gasteiger partial charge in [-0.15, -0.1) is 0 Å². The predicted molar refractivity (Wildman–Crippen MR) is 185 cm³/mol. The molecule has 48 heavy (non-hydrogen) atoms. The second kappa shape index (κ2) is 12.5. The lowest BCUT2D eigenvalue weighted by atomic mass is 9.86. The van der Waals surface area contributed by atoms with Crippen LogP contribution in [0, 0.1) is 19.7 Å². The molecule has 10 heteroatoms. The first kappa shape index (κ1) is 32.5. The van der Waals surface area contributed by atoms with E-state index in [4.69, 9.17) is 19.4 Å². The third-order valence-electron chi connectivity index (χ3n) is 10.2. The number of ether oxygens (including phenoxy) is 2. The van der Waals surface area contributed by atoms with Crippen LogP contribution >= 0.6 is 0 Å². The largest absolute Gasteiger partial charge is 0.490 e. The lowest BCUT2D eigenvalue weighted by Crippen LogP contribution is -2.36. The number of fused-ring (bicyclic) bond motifs is 3. The molecular weight excluding hydrogens is 609 g/mol. The summed E-state index contributed by atoms with van der Waals surface area (Å²) in [4.78, 5) is 27.8. The van der Waals surface area contributed by atoms with Gasteiger partial charge in [-0.2, -0.15) is 0 Å². The summed E-state index contributed by atoms with van der Waals surface area (Å²) >= 11 is 0. The molecule has 0 aliphatic carbocycles. The number of aryl methyl sites for hydroxylation is 2. The molecule has 6 heterocycles. The van der Waals surface area contributed by atoms with Crippen molar-refractivity contribution in [1.29, 1.82) is 0 Å². The number of halogens is 1. The molecule has 0 radical (unpaired) electrons. The minimum atomic E-state index is -1.32. The van der Waals surface area contributed by atoms with E-state index in [1.165, 1.54) is 25.5 Å². The Morgan fingerprint density at radius 1 is 1.12 bits per heavy atom. The molecule has 3 aliphatic rings. The fourth-order valence-electron chi connectivity index (χ4n) is 8.01. The van der Waals surface area contributed by atoms with Gasteiger partial charge in [0.15, 0.2) is 17.7 Å². The first-order valence-electron chi connectivity index (χ1n) is 17.2. The van der Waals surface area contributed by atoms with Crippen LogP contribution in [-0.2, 0) is 23.0 Å². The normalized spacial score (nSPS) is 19.1. The zero-order valence-corrected chi connectivity index (χ0v) is 28.9. The summed E-state index contributed by atoms with van der Waals surface area (Å²) in [6.45, 7) is 14.0. The van der Waals surface area contributed by atoms with E-state index < -0.39 is 23.5 Å². The summed E-state index contributed by atoms with van der Waals surface area (Å²) in [5, 5.41) is 11.3. The van der Waals surface area contributed by atoms with E-state index in [2.05, 4.69) is 21.9 Å². The van der Waals surface area contributed by atoms with E-state index in [9.17, 15) is 9.90 Å². The lowest BCUT2D eigenvalue weighted by Gasteiger charge is -2.29. The van der Waals surface area contributed by atoms with Crippen molar-refractivity contribution in [3.05, 3.63) is 58.7 Å². The van der Waals surface area contributed by atoms with E-state index in [0.29, 0.717) is 52.9 Å². The maximum absolute atomic E-state index is 15.8. The van der Waals surface area contributed by atoms with Crippen LogP contribution in [0.3, 0.4) is 0 Å². The average molecular weight is 656 g/mol. The van der Waals surface area contributed by atoms with Crippen LogP contribution in [-0.4, -0.2) is 74.9 Å². The second-order valence-corrected chi connectivity index (χ2v) is 14.6. The lowest BCUT2D eigenvalue weighted by molar-refractivity contribution is -0.160. The van der Waals surface area contributed by atoms with Crippen molar-refractivity contribution in [3.8, 4) is 28.1 Å². The van der Waals surface area contributed by atoms with Gasteiger partial charge in [-0.25, -0.2) is 19.2 Å². The fourth-order valence-corrected chi connectivity index (χ4v) is 8.01. The van der Waals surface area contributed by atoms with Crippen molar-refractivity contribution < 1.29 is 23.8 Å². The van der Waals surface area contributed by atoms with Gasteiger partial charge in [0.2, 0.25) is 0 Å². The van der Waals surface area contributed by atoms with Gasteiger partial charge in [0.05, 0.1) is 17.9 Å². The molecule has 254 valence electrons. The number of benzene rings is 1. The van der Waals surface area contributed by atoms with Crippen molar-refractivity contribution in [1.82, 2.24) is 19.4 Å². The Kier molecular flexibility index (Phi) is 8.44. The van der Waals surface area contributed by atoms with E-state index in [1.807, 2.05) is 58.5 Å². The van der Waals surface area contributed by atoms with Crippen molar-refractivity contribution in [2.75, 3.05) is 37.7 Å². The first-order chi connectivity index (χ1) is 22.9. The van der Waals surface area contributed by atoms with Crippen molar-refractivity contribution in [2.24, 2.45) is 7.05 Å². The highest BCUT2D eigenvalue weighted by molar-refractivity contribution is 6.01. The minimum absolute atomic E-state index is 0.291. The van der Waals surface area contributed by atoms with Gasteiger partial charge in [-0.05, 0) is 109 Å². The second-order valence-electron chi connectivity index (χ2n) is 14.6. The summed E-state index contributed by atoms with van der Waals surface area (Å²) in [6, 6.07) is 8.28. The summed E-state index contributed by atoms with van der Waals surface area (Å²) < 4.78 is 29.9. The Bertz CT molecular complexity index is 1900. The smallest absolute Gasteiger partial charge is 0.337 e. The molecule has 0 bridgehead atoms. The van der Waals surface area contributed by atoms with Crippen LogP contribution < -0.4 is 9.64 Å². The zero-order valence-electron chi connectivity index (χ0n) is 28.9. The number of carboxylic acids is 1. The minimum Gasteiger partial charge on any atom is -0.490 e. The number of carbonyl (C=O) groups is 1. The topological polar surface area (TPSA) is 93.0 Å². The van der Waals surface area contributed by atoms with Gasteiger partial charge in [-0.1, -0.05) is 0 Å². The quantitative estimate of drug-likeness (QED) is 0.238. The maximum Gasteiger partial charge on any atom is 0.337 e. The number of rotatable bonds is 6. The van der Waals surface area contributed by atoms with Gasteiger partial charge < -0.3 is 24.0 Å². The molecule has 3 aromatic heterocycles. The molecule has 0 amide bonds. The Balaban J connectivity index is 1.43. The fraction of sp³-hybridized carbons (Fsp3) is 0.500. The standard InChI is InChI=1S/C38H46FN5O4/c1-22-26-11-8-17-47-34(26)29(39)19-27(22)33-28-20-30(42(6)36(28)41-23(2)32(33)35(37(45)46)48-38(3,4)5)24-12-13-40-31(18-24)44-16-9-15-43-14-7-10-25(43)21-44/h12-13,18-20,25,35H,7-11,14-17,21H2,1-6H3,(H,45,46)/t25?,35-/m0/s1. The highest BCUT2D eigenvalue weighted by atomic mass is 19.1. The Hall–Kier alpha value is -4.02. The molecule has 0 saturated carbocycles. The number of carboxylic acid groups (broad SMARTS) is 1. The average Bonchev–Trinajstić information content (AvgIpc) is 3.57. The molecule has 7 rings (SSSR count). The van der Waals surface area contributed by atoms with Gasteiger partial charge in [0.25, 0.3) is 0 Å². The molecule has 9 nitrogen and oxygen atoms in total. The van der Waals surface area contributed by atoms with Gasteiger partial charge in [-0.3, -0.25) is 4.90 Å². The summed E-state index contributed by atoms with van der Waals surface area (Å²) in [5.74, 6) is -0.327. The predicted octanol–water partition coefficient (Wildman–Crippen LogP) is 7.00. The Morgan fingerprint density at radius 3 is 2.69 bits per heavy atom. The van der Waals surface area contributed by atoms with E-state index in [1.54, 1.807) is 0 Å². The van der Waals surface area contributed by atoms with E-state index in [-0.39, 0.29) is 0 Å². The molecule has 0 spiro atoms. The van der Waals surface area contributed by atoms with E-state index >= 15 is 4.39 Å². The number of aliphatic carboxylic acids is 1. The monoisotopic (exact) mass is 655 g/mol. The molecule has 4 aromatic rings. The number of hydrogen-bond acceptors (Lipinski definition) is 7. The SMILES string of the molecule is Cc1nc2c(cc(-c3ccnc(N4CCCN5CCCC5C4)c3)n2C)c(-c2cc(F)c3c(c2C)CCCO3)c1[C@H](OC(C)(C)C)C(=O)O. The molecular formula is C38H46FN5O4. The molecule has 2 fully saturated rings. The summed E-state index contributed by atoms with van der Waals surface area (Å²) in [5.41, 5.74) is 5.74. The third-order valence-corrected chi connectivity index (χ3v) is 10.2. The van der Waals surface area contributed by atoms with Gasteiger partial charge >= 0.3 is 5.97 Å². The molecule has 1 N–H and O–H groups in total. The van der Waals surface area contributed by atoms with Crippen molar-refractivity contribution in [3.63, 3.8) is 0 Å². The number of hydrogen-bond donors (Lipinski definition) is 1. The summed E-state index contributed by atoms with van der Waals surface area (Å²) in [7, 11) is 1.98. The number of aromatic nitrogens is 3. The molecule has 1 aromatic carbocycles. The summed E-state index contributed by atoms with van der Waals surface area (Å²) in [6.07, 6.45) is 5.60. The highest BCUT2D eigenvalue weighted by Crippen LogP contribution is 2.45. The van der Waals surface area contributed by atoms with Crippen LogP contribution in [0.4, 0.5) is 10.2 Å². The third kappa shape index (κ3) is 5.83. The van der Waals surface area contributed by atoms with Gasteiger partial charge in [0, 0.05) is 72.3 Å². The Labute approximate surface area is 281 Å². The molecule has 3 aliphatic heterocycles. The number of nitrogens with zero attached hydrogens (tertiary/aromatic N) is 5. The zero-order chi connectivity index (χ0) is 33.9.